The molecule has 2 saturated carbocycles. The van der Waals surface area contributed by atoms with Gasteiger partial charge in [0.05, 0.1) is 6.61 Å². The molecule has 1 heterocycles. The van der Waals surface area contributed by atoms with Crippen LogP contribution >= 0.6 is 0 Å². The molecule has 2 aliphatic carbocycles. The summed E-state index contributed by atoms with van der Waals surface area (Å²) in [5.41, 5.74) is 1.36. The molecule has 1 aromatic heterocycles. The SMILES string of the molecule is c1cn(COCC2CC2)cc1CNC1CC1. The highest BCUT2D eigenvalue weighted by atomic mass is 16.5. The maximum absolute atomic E-state index is 5.64. The molecule has 0 unspecified atom stereocenters. The lowest BCUT2D eigenvalue weighted by Crippen LogP contribution is -2.14. The zero-order valence-corrected chi connectivity index (χ0v) is 9.69. The smallest absolute Gasteiger partial charge is 0.122 e. The first-order valence-electron chi connectivity index (χ1n) is 6.36. The number of hydrogen-bond donors (Lipinski definition) is 1. The molecule has 0 spiro atoms. The lowest BCUT2D eigenvalue weighted by molar-refractivity contribution is 0.0692. The van der Waals surface area contributed by atoms with Crippen molar-refractivity contribution in [2.45, 2.75) is 45.0 Å². The second-order valence-electron chi connectivity index (χ2n) is 5.13. The van der Waals surface area contributed by atoms with E-state index in [0.717, 1.165) is 25.1 Å². The van der Waals surface area contributed by atoms with Crippen LogP contribution in [0.1, 0.15) is 31.2 Å². The summed E-state index contributed by atoms with van der Waals surface area (Å²) in [6, 6.07) is 2.96. The van der Waals surface area contributed by atoms with E-state index in [2.05, 4.69) is 28.3 Å². The van der Waals surface area contributed by atoms with Gasteiger partial charge in [-0.05, 0) is 43.2 Å². The average Bonchev–Trinajstić information content (AvgIpc) is 3.18. The zero-order chi connectivity index (χ0) is 10.8. The molecule has 3 nitrogen and oxygen atoms in total. The number of rotatable bonds is 7. The first kappa shape index (κ1) is 10.4. The van der Waals surface area contributed by atoms with E-state index in [4.69, 9.17) is 4.74 Å². The molecule has 0 aliphatic heterocycles. The van der Waals surface area contributed by atoms with Gasteiger partial charge in [0, 0.05) is 25.0 Å². The molecule has 1 N–H and O–H groups in total. The largest absolute Gasteiger partial charge is 0.361 e. The molecule has 0 radical (unpaired) electrons. The maximum atomic E-state index is 5.64. The molecular weight excluding hydrogens is 200 g/mol. The summed E-state index contributed by atoms with van der Waals surface area (Å²) >= 11 is 0. The van der Waals surface area contributed by atoms with E-state index in [9.17, 15) is 0 Å². The van der Waals surface area contributed by atoms with Gasteiger partial charge in [-0.3, -0.25) is 0 Å². The molecule has 2 aliphatic rings. The molecule has 88 valence electrons. The van der Waals surface area contributed by atoms with Crippen LogP contribution in [-0.2, 0) is 18.0 Å². The van der Waals surface area contributed by atoms with Crippen LogP contribution in [0.4, 0.5) is 0 Å². The van der Waals surface area contributed by atoms with E-state index in [1.54, 1.807) is 0 Å². The summed E-state index contributed by atoms with van der Waals surface area (Å²) in [5, 5.41) is 3.52. The lowest BCUT2D eigenvalue weighted by atomic mass is 10.3. The van der Waals surface area contributed by atoms with Gasteiger partial charge in [-0.2, -0.15) is 0 Å². The van der Waals surface area contributed by atoms with Crippen LogP contribution < -0.4 is 5.32 Å². The fourth-order valence-electron chi connectivity index (χ4n) is 1.83. The highest BCUT2D eigenvalue weighted by Crippen LogP contribution is 2.28. The highest BCUT2D eigenvalue weighted by Gasteiger charge is 2.21. The summed E-state index contributed by atoms with van der Waals surface area (Å²) in [6.07, 6.45) is 9.72. The third kappa shape index (κ3) is 3.09. The standard InChI is InChI=1S/C13H20N2O/c1-2-11(1)9-16-10-15-6-5-12(8-15)7-14-13-3-4-13/h5-6,8,11,13-14H,1-4,7,9-10H2. The maximum Gasteiger partial charge on any atom is 0.122 e. The van der Waals surface area contributed by atoms with Crippen LogP contribution in [0.2, 0.25) is 0 Å². The van der Waals surface area contributed by atoms with Crippen molar-refractivity contribution in [3.05, 3.63) is 24.0 Å². The number of nitrogens with one attached hydrogen (secondary N) is 1. The minimum Gasteiger partial charge on any atom is -0.361 e. The van der Waals surface area contributed by atoms with Crippen molar-refractivity contribution in [1.82, 2.24) is 9.88 Å². The van der Waals surface area contributed by atoms with E-state index >= 15 is 0 Å². The molecule has 1 aromatic rings. The van der Waals surface area contributed by atoms with Crippen LogP contribution in [-0.4, -0.2) is 17.2 Å². The minimum atomic E-state index is 0.708. The Morgan fingerprint density at radius 3 is 2.94 bits per heavy atom. The number of hydrogen-bond acceptors (Lipinski definition) is 2. The third-order valence-electron chi connectivity index (χ3n) is 3.27. The normalized spacial score (nSPS) is 20.2. The van der Waals surface area contributed by atoms with Gasteiger partial charge in [-0.25, -0.2) is 0 Å². The molecule has 0 saturated heterocycles. The lowest BCUT2D eigenvalue weighted by Gasteiger charge is -2.04. The molecule has 0 aromatic carbocycles. The van der Waals surface area contributed by atoms with Gasteiger partial charge in [0.1, 0.15) is 6.73 Å². The van der Waals surface area contributed by atoms with Crippen LogP contribution in [0, 0.1) is 5.92 Å². The Hall–Kier alpha value is -0.800. The summed E-state index contributed by atoms with van der Waals surface area (Å²) in [7, 11) is 0. The Morgan fingerprint density at radius 2 is 2.19 bits per heavy atom. The van der Waals surface area contributed by atoms with Crippen LogP contribution in [0.5, 0.6) is 0 Å². The van der Waals surface area contributed by atoms with E-state index < -0.39 is 0 Å². The Balaban J connectivity index is 1.39. The average molecular weight is 220 g/mol. The first-order valence-corrected chi connectivity index (χ1v) is 6.36. The molecule has 16 heavy (non-hydrogen) atoms. The Bertz CT molecular complexity index is 339. The summed E-state index contributed by atoms with van der Waals surface area (Å²) in [4.78, 5) is 0. The van der Waals surface area contributed by atoms with E-state index in [-0.39, 0.29) is 0 Å². The quantitative estimate of drug-likeness (QED) is 0.762. The Labute approximate surface area is 96.8 Å². The van der Waals surface area contributed by atoms with E-state index in [1.165, 1.54) is 31.2 Å². The van der Waals surface area contributed by atoms with Crippen LogP contribution in [0.25, 0.3) is 0 Å². The minimum absolute atomic E-state index is 0.708. The van der Waals surface area contributed by atoms with Crippen molar-refractivity contribution >= 4 is 0 Å². The van der Waals surface area contributed by atoms with Gasteiger partial charge >= 0.3 is 0 Å². The van der Waals surface area contributed by atoms with Crippen molar-refractivity contribution in [1.29, 1.82) is 0 Å². The van der Waals surface area contributed by atoms with Crippen molar-refractivity contribution in [3.63, 3.8) is 0 Å². The van der Waals surface area contributed by atoms with Crippen LogP contribution in [0.15, 0.2) is 18.5 Å². The first-order chi connectivity index (χ1) is 7.90. The van der Waals surface area contributed by atoms with Gasteiger partial charge in [0.15, 0.2) is 0 Å². The Morgan fingerprint density at radius 1 is 1.31 bits per heavy atom. The number of ether oxygens (including phenoxy) is 1. The highest BCUT2D eigenvalue weighted by molar-refractivity contribution is 5.10. The molecule has 0 amide bonds. The molecule has 0 bridgehead atoms. The molecular formula is C13H20N2O. The predicted octanol–water partition coefficient (Wildman–Crippen LogP) is 2.12. The third-order valence-corrected chi connectivity index (χ3v) is 3.27. The van der Waals surface area contributed by atoms with Crippen molar-refractivity contribution in [3.8, 4) is 0 Å². The van der Waals surface area contributed by atoms with E-state index in [1.807, 2.05) is 0 Å². The van der Waals surface area contributed by atoms with Crippen molar-refractivity contribution in [2.75, 3.05) is 6.61 Å². The zero-order valence-electron chi connectivity index (χ0n) is 9.69. The van der Waals surface area contributed by atoms with Crippen molar-refractivity contribution < 1.29 is 4.74 Å². The number of aromatic nitrogens is 1. The van der Waals surface area contributed by atoms with Gasteiger partial charge in [-0.1, -0.05) is 0 Å². The number of nitrogens with zero attached hydrogens (tertiary/aromatic N) is 1. The summed E-state index contributed by atoms with van der Waals surface area (Å²) in [6.45, 7) is 2.65. The summed E-state index contributed by atoms with van der Waals surface area (Å²) < 4.78 is 7.77. The molecule has 0 atom stereocenters. The second kappa shape index (κ2) is 4.60. The monoisotopic (exact) mass is 220 g/mol. The second-order valence-corrected chi connectivity index (χ2v) is 5.13. The Kier molecular flexibility index (Phi) is 2.98. The fourth-order valence-corrected chi connectivity index (χ4v) is 1.83. The molecule has 3 heteroatoms. The van der Waals surface area contributed by atoms with E-state index in [0.29, 0.717) is 6.73 Å². The van der Waals surface area contributed by atoms with Gasteiger partial charge in [0.2, 0.25) is 0 Å². The van der Waals surface area contributed by atoms with Crippen molar-refractivity contribution in [2.24, 2.45) is 5.92 Å². The molecule has 2 fully saturated rings. The van der Waals surface area contributed by atoms with Crippen LogP contribution in [0.3, 0.4) is 0 Å². The summed E-state index contributed by atoms with van der Waals surface area (Å²) in [5.74, 6) is 0.853. The molecule has 3 rings (SSSR count). The van der Waals surface area contributed by atoms with Gasteiger partial charge < -0.3 is 14.6 Å². The topological polar surface area (TPSA) is 26.2 Å². The van der Waals surface area contributed by atoms with Gasteiger partial charge in [-0.15, -0.1) is 0 Å². The van der Waals surface area contributed by atoms with Gasteiger partial charge in [0.25, 0.3) is 0 Å². The predicted molar refractivity (Wildman–Crippen MR) is 63.0 cm³/mol. The fraction of sp³-hybridized carbons (Fsp3) is 0.692.